The molecular weight excluding hydrogens is 202 g/mol. The van der Waals surface area contributed by atoms with Crippen LogP contribution in [0.15, 0.2) is 18.5 Å². The first-order chi connectivity index (χ1) is 7.65. The molecule has 0 spiro atoms. The first kappa shape index (κ1) is 11.1. The van der Waals surface area contributed by atoms with Crippen molar-refractivity contribution < 1.29 is 4.79 Å². The predicted octanol–water partition coefficient (Wildman–Crippen LogP) is 1.00. The van der Waals surface area contributed by atoms with E-state index in [0.717, 1.165) is 24.8 Å². The monoisotopic (exact) mass is 219 g/mol. The molecule has 0 radical (unpaired) electrons. The highest BCUT2D eigenvalue weighted by Gasteiger charge is 2.37. The Kier molecular flexibility index (Phi) is 2.92. The van der Waals surface area contributed by atoms with E-state index in [0.29, 0.717) is 12.1 Å². The molecule has 2 rings (SSSR count). The Morgan fingerprint density at radius 3 is 2.81 bits per heavy atom. The highest BCUT2D eigenvalue weighted by atomic mass is 16.1. The minimum absolute atomic E-state index is 0.0682. The summed E-state index contributed by atoms with van der Waals surface area (Å²) in [6.45, 7) is 2.43. The third-order valence-corrected chi connectivity index (χ3v) is 3.22. The van der Waals surface area contributed by atoms with Crippen molar-refractivity contribution in [1.82, 2.24) is 10.3 Å². The first-order valence-corrected chi connectivity index (χ1v) is 5.59. The molecule has 4 heteroatoms. The van der Waals surface area contributed by atoms with Crippen LogP contribution in [-0.2, 0) is 0 Å². The number of nitrogens with two attached hydrogens (primary N) is 1. The topological polar surface area (TPSA) is 68.0 Å². The van der Waals surface area contributed by atoms with E-state index >= 15 is 0 Å². The van der Waals surface area contributed by atoms with Crippen LogP contribution in [0.5, 0.6) is 0 Å². The van der Waals surface area contributed by atoms with Crippen molar-refractivity contribution in [2.24, 2.45) is 5.73 Å². The molecule has 16 heavy (non-hydrogen) atoms. The largest absolute Gasteiger partial charge is 0.345 e. The summed E-state index contributed by atoms with van der Waals surface area (Å²) in [6, 6.07) is 1.84. The molecule has 1 aliphatic rings. The number of hydrogen-bond acceptors (Lipinski definition) is 3. The number of pyridine rings is 1. The predicted molar refractivity (Wildman–Crippen MR) is 62.1 cm³/mol. The molecular formula is C12H17N3O. The van der Waals surface area contributed by atoms with Crippen molar-refractivity contribution in [1.29, 1.82) is 0 Å². The number of aryl methyl sites for hydroxylation is 1. The van der Waals surface area contributed by atoms with E-state index in [2.05, 4.69) is 10.3 Å². The Hall–Kier alpha value is -1.42. The zero-order valence-electron chi connectivity index (χ0n) is 9.49. The van der Waals surface area contributed by atoms with Gasteiger partial charge in [-0.15, -0.1) is 0 Å². The van der Waals surface area contributed by atoms with Gasteiger partial charge in [0.25, 0.3) is 5.91 Å². The van der Waals surface area contributed by atoms with E-state index in [4.69, 9.17) is 5.73 Å². The minimum atomic E-state index is -0.166. The van der Waals surface area contributed by atoms with Crippen LogP contribution in [0.2, 0.25) is 0 Å². The fraction of sp³-hybridized carbons (Fsp3) is 0.500. The van der Waals surface area contributed by atoms with E-state index in [9.17, 15) is 4.79 Å². The Balaban J connectivity index is 2.08. The number of carbonyl (C=O) groups is 1. The molecule has 0 bridgehead atoms. The van der Waals surface area contributed by atoms with E-state index in [1.807, 2.05) is 13.0 Å². The van der Waals surface area contributed by atoms with E-state index in [1.165, 1.54) is 0 Å². The lowest BCUT2D eigenvalue weighted by molar-refractivity contribution is 0.0837. The van der Waals surface area contributed by atoms with Gasteiger partial charge in [-0.2, -0.15) is 0 Å². The second kappa shape index (κ2) is 4.22. The van der Waals surface area contributed by atoms with E-state index < -0.39 is 0 Å². The normalized spacial score (nSPS) is 17.6. The van der Waals surface area contributed by atoms with Crippen molar-refractivity contribution >= 4 is 5.91 Å². The number of amides is 1. The molecule has 1 saturated carbocycles. The third-order valence-electron chi connectivity index (χ3n) is 3.22. The van der Waals surface area contributed by atoms with Crippen molar-refractivity contribution in [3.05, 3.63) is 29.6 Å². The van der Waals surface area contributed by atoms with Gasteiger partial charge in [0.15, 0.2) is 0 Å². The highest BCUT2D eigenvalue weighted by Crippen LogP contribution is 2.30. The first-order valence-electron chi connectivity index (χ1n) is 5.59. The van der Waals surface area contributed by atoms with Gasteiger partial charge in [-0.1, -0.05) is 0 Å². The van der Waals surface area contributed by atoms with Crippen LogP contribution in [0.25, 0.3) is 0 Å². The van der Waals surface area contributed by atoms with Crippen LogP contribution in [-0.4, -0.2) is 23.0 Å². The summed E-state index contributed by atoms with van der Waals surface area (Å²) >= 11 is 0. The standard InChI is InChI=1S/C12H17N3O/c1-9-5-10(7-14-6-9)11(16)15-12(8-13)3-2-4-12/h5-7H,2-4,8,13H2,1H3,(H,15,16). The maximum absolute atomic E-state index is 12.0. The number of carbonyl (C=O) groups excluding carboxylic acids is 1. The Morgan fingerprint density at radius 1 is 1.56 bits per heavy atom. The SMILES string of the molecule is Cc1cncc(C(=O)NC2(CN)CCC2)c1. The van der Waals surface area contributed by atoms with E-state index in [1.54, 1.807) is 12.4 Å². The number of nitrogens with one attached hydrogen (secondary N) is 1. The summed E-state index contributed by atoms with van der Waals surface area (Å²) < 4.78 is 0. The average molecular weight is 219 g/mol. The molecule has 3 N–H and O–H groups in total. The Labute approximate surface area is 95.3 Å². The van der Waals surface area contributed by atoms with Gasteiger partial charge in [-0.25, -0.2) is 0 Å². The van der Waals surface area contributed by atoms with Crippen LogP contribution >= 0.6 is 0 Å². The quantitative estimate of drug-likeness (QED) is 0.797. The van der Waals surface area contributed by atoms with Gasteiger partial charge >= 0.3 is 0 Å². The highest BCUT2D eigenvalue weighted by molar-refractivity contribution is 5.94. The Bertz CT molecular complexity index is 393. The molecule has 1 aromatic rings. The summed E-state index contributed by atoms with van der Waals surface area (Å²) in [4.78, 5) is 16.0. The van der Waals surface area contributed by atoms with E-state index in [-0.39, 0.29) is 11.4 Å². The fourth-order valence-electron chi connectivity index (χ4n) is 1.98. The fourth-order valence-corrected chi connectivity index (χ4v) is 1.98. The van der Waals surface area contributed by atoms with Gasteiger partial charge in [0, 0.05) is 18.9 Å². The van der Waals surface area contributed by atoms with Gasteiger partial charge in [0.2, 0.25) is 0 Å². The summed E-state index contributed by atoms with van der Waals surface area (Å²) in [5.74, 6) is -0.0682. The molecule has 0 atom stereocenters. The second-order valence-corrected chi connectivity index (χ2v) is 4.54. The minimum Gasteiger partial charge on any atom is -0.345 e. The summed E-state index contributed by atoms with van der Waals surface area (Å²) in [6.07, 6.45) is 6.43. The lowest BCUT2D eigenvalue weighted by Crippen LogP contribution is -2.58. The average Bonchev–Trinajstić information content (AvgIpc) is 2.23. The van der Waals surface area contributed by atoms with Crippen molar-refractivity contribution in [2.45, 2.75) is 31.7 Å². The second-order valence-electron chi connectivity index (χ2n) is 4.54. The van der Waals surface area contributed by atoms with Gasteiger partial charge in [-0.3, -0.25) is 9.78 Å². The molecule has 0 aromatic carbocycles. The summed E-state index contributed by atoms with van der Waals surface area (Å²) in [7, 11) is 0. The molecule has 4 nitrogen and oxygen atoms in total. The molecule has 1 heterocycles. The molecule has 0 aliphatic heterocycles. The molecule has 1 fully saturated rings. The third kappa shape index (κ3) is 2.07. The number of rotatable bonds is 3. The van der Waals surface area contributed by atoms with Crippen LogP contribution in [0, 0.1) is 6.92 Å². The summed E-state index contributed by atoms with van der Waals surface area (Å²) in [5, 5.41) is 3.02. The van der Waals surface area contributed by atoms with Crippen molar-refractivity contribution in [2.75, 3.05) is 6.54 Å². The maximum Gasteiger partial charge on any atom is 0.253 e. The van der Waals surface area contributed by atoms with Crippen LogP contribution < -0.4 is 11.1 Å². The van der Waals surface area contributed by atoms with Crippen LogP contribution in [0.4, 0.5) is 0 Å². The molecule has 0 unspecified atom stereocenters. The Morgan fingerprint density at radius 2 is 2.31 bits per heavy atom. The van der Waals surface area contributed by atoms with Gasteiger partial charge < -0.3 is 11.1 Å². The van der Waals surface area contributed by atoms with Gasteiger partial charge in [0.1, 0.15) is 0 Å². The molecule has 1 aromatic heterocycles. The van der Waals surface area contributed by atoms with Crippen LogP contribution in [0.3, 0.4) is 0 Å². The molecule has 1 aliphatic carbocycles. The number of nitrogens with zero attached hydrogens (tertiary/aromatic N) is 1. The molecule has 86 valence electrons. The van der Waals surface area contributed by atoms with Gasteiger partial charge in [-0.05, 0) is 37.8 Å². The van der Waals surface area contributed by atoms with Crippen molar-refractivity contribution in [3.8, 4) is 0 Å². The van der Waals surface area contributed by atoms with Crippen molar-refractivity contribution in [3.63, 3.8) is 0 Å². The molecule has 0 saturated heterocycles. The van der Waals surface area contributed by atoms with Crippen LogP contribution in [0.1, 0.15) is 35.2 Å². The summed E-state index contributed by atoms with van der Waals surface area (Å²) in [5.41, 5.74) is 7.13. The van der Waals surface area contributed by atoms with Gasteiger partial charge in [0.05, 0.1) is 11.1 Å². The number of aromatic nitrogens is 1. The maximum atomic E-state index is 12.0. The zero-order chi connectivity index (χ0) is 11.6. The lowest BCUT2D eigenvalue weighted by atomic mass is 9.76. The smallest absolute Gasteiger partial charge is 0.253 e. The zero-order valence-corrected chi connectivity index (χ0v) is 9.49. The lowest BCUT2D eigenvalue weighted by Gasteiger charge is -2.41. The molecule has 1 amide bonds. The number of hydrogen-bond donors (Lipinski definition) is 2.